The molecule has 0 radical (unpaired) electrons. The Kier molecular flexibility index (Phi) is 3.32. The maximum absolute atomic E-state index is 12.9. The molecule has 2 aromatic rings. The molecule has 0 saturated carbocycles. The highest BCUT2D eigenvalue weighted by atomic mass is 19.1. The molecule has 0 fully saturated rings. The molecule has 0 bridgehead atoms. The smallest absolute Gasteiger partial charge is 0.214 e. The molecule has 2 nitrogen and oxygen atoms in total. The Morgan fingerprint density at radius 1 is 1.12 bits per heavy atom. The summed E-state index contributed by atoms with van der Waals surface area (Å²) in [7, 11) is 1.85. The van der Waals surface area contributed by atoms with Crippen LogP contribution in [0.15, 0.2) is 42.6 Å². The van der Waals surface area contributed by atoms with Crippen molar-refractivity contribution >= 4 is 5.69 Å². The van der Waals surface area contributed by atoms with E-state index in [1.807, 2.05) is 11.9 Å². The van der Waals surface area contributed by atoms with Crippen LogP contribution in [0.25, 0.3) is 0 Å². The van der Waals surface area contributed by atoms with E-state index >= 15 is 0 Å². The van der Waals surface area contributed by atoms with E-state index in [-0.39, 0.29) is 5.82 Å². The molecule has 17 heavy (non-hydrogen) atoms. The predicted molar refractivity (Wildman–Crippen MR) is 62.7 cm³/mol. The summed E-state index contributed by atoms with van der Waals surface area (Å²) in [5.41, 5.74) is 1.70. The second kappa shape index (κ2) is 4.91. The van der Waals surface area contributed by atoms with Crippen LogP contribution in [0.2, 0.25) is 0 Å². The van der Waals surface area contributed by atoms with Crippen molar-refractivity contribution in [3.8, 4) is 0 Å². The molecular formula is C13H12F2N2. The Labute approximate surface area is 98.5 Å². The maximum atomic E-state index is 12.9. The molecule has 0 amide bonds. The molecule has 1 heterocycles. The maximum Gasteiger partial charge on any atom is 0.214 e. The van der Waals surface area contributed by atoms with Gasteiger partial charge in [-0.3, -0.25) is 0 Å². The van der Waals surface area contributed by atoms with E-state index in [2.05, 4.69) is 4.98 Å². The lowest BCUT2D eigenvalue weighted by molar-refractivity contribution is 0.583. The SMILES string of the molecule is CN(Cc1ccc(F)cc1)c1ccnc(F)c1. The van der Waals surface area contributed by atoms with Gasteiger partial charge in [0, 0.05) is 31.5 Å². The van der Waals surface area contributed by atoms with Crippen molar-refractivity contribution in [1.29, 1.82) is 0 Å². The first-order chi connectivity index (χ1) is 8.15. The molecule has 4 heteroatoms. The summed E-state index contributed by atoms with van der Waals surface area (Å²) in [6, 6.07) is 9.34. The lowest BCUT2D eigenvalue weighted by atomic mass is 10.2. The third-order valence-electron chi connectivity index (χ3n) is 2.48. The van der Waals surface area contributed by atoms with Gasteiger partial charge >= 0.3 is 0 Å². The first kappa shape index (κ1) is 11.5. The van der Waals surface area contributed by atoms with Gasteiger partial charge in [0.15, 0.2) is 0 Å². The van der Waals surface area contributed by atoms with E-state index in [4.69, 9.17) is 0 Å². The molecule has 2 rings (SSSR count). The average molecular weight is 234 g/mol. The second-order valence-electron chi connectivity index (χ2n) is 3.82. The monoisotopic (exact) mass is 234 g/mol. The zero-order valence-corrected chi connectivity index (χ0v) is 9.40. The molecule has 0 aliphatic carbocycles. The van der Waals surface area contributed by atoms with Crippen LogP contribution >= 0.6 is 0 Å². The minimum Gasteiger partial charge on any atom is -0.370 e. The van der Waals surface area contributed by atoms with Gasteiger partial charge in [-0.05, 0) is 23.8 Å². The van der Waals surface area contributed by atoms with Crippen molar-refractivity contribution in [3.63, 3.8) is 0 Å². The van der Waals surface area contributed by atoms with Gasteiger partial charge in [-0.2, -0.15) is 4.39 Å². The normalized spacial score (nSPS) is 10.3. The van der Waals surface area contributed by atoms with Crippen LogP contribution < -0.4 is 4.90 Å². The Balaban J connectivity index is 2.11. The molecular weight excluding hydrogens is 222 g/mol. The summed E-state index contributed by atoms with van der Waals surface area (Å²) in [5, 5.41) is 0. The van der Waals surface area contributed by atoms with E-state index in [9.17, 15) is 8.78 Å². The fraction of sp³-hybridized carbons (Fsp3) is 0.154. The molecule has 0 unspecified atom stereocenters. The highest BCUT2D eigenvalue weighted by Crippen LogP contribution is 2.15. The van der Waals surface area contributed by atoms with E-state index in [1.54, 1.807) is 18.2 Å². The van der Waals surface area contributed by atoms with Gasteiger partial charge in [-0.15, -0.1) is 0 Å². The number of anilines is 1. The van der Waals surface area contributed by atoms with Crippen LogP contribution in [0.5, 0.6) is 0 Å². The Bertz CT molecular complexity index is 497. The van der Waals surface area contributed by atoms with Crippen molar-refractivity contribution in [2.24, 2.45) is 0 Å². The topological polar surface area (TPSA) is 16.1 Å². The molecule has 1 aromatic carbocycles. The number of nitrogens with zero attached hydrogens (tertiary/aromatic N) is 2. The summed E-state index contributed by atoms with van der Waals surface area (Å²) in [4.78, 5) is 5.37. The van der Waals surface area contributed by atoms with Crippen LogP contribution in [0.3, 0.4) is 0 Å². The third kappa shape index (κ3) is 3.00. The number of benzene rings is 1. The minimum absolute atomic E-state index is 0.258. The average Bonchev–Trinajstić information content (AvgIpc) is 2.32. The van der Waals surface area contributed by atoms with Crippen LogP contribution in [0.1, 0.15) is 5.56 Å². The van der Waals surface area contributed by atoms with Crippen LogP contribution in [-0.4, -0.2) is 12.0 Å². The van der Waals surface area contributed by atoms with E-state index < -0.39 is 5.95 Å². The third-order valence-corrected chi connectivity index (χ3v) is 2.48. The zero-order valence-electron chi connectivity index (χ0n) is 9.40. The van der Waals surface area contributed by atoms with Gasteiger partial charge in [-0.25, -0.2) is 9.37 Å². The van der Waals surface area contributed by atoms with E-state index in [0.29, 0.717) is 6.54 Å². The molecule has 0 N–H and O–H groups in total. The first-order valence-corrected chi connectivity index (χ1v) is 5.22. The molecule has 0 saturated heterocycles. The molecule has 0 aliphatic heterocycles. The largest absolute Gasteiger partial charge is 0.370 e. The number of aromatic nitrogens is 1. The summed E-state index contributed by atoms with van der Waals surface area (Å²) in [6.07, 6.45) is 1.42. The number of hydrogen-bond donors (Lipinski definition) is 0. The lowest BCUT2D eigenvalue weighted by Crippen LogP contribution is -2.16. The van der Waals surface area contributed by atoms with Crippen molar-refractivity contribution in [3.05, 3.63) is 59.9 Å². The summed E-state index contributed by atoms with van der Waals surface area (Å²) in [5.74, 6) is -0.764. The Hall–Kier alpha value is -1.97. The highest BCUT2D eigenvalue weighted by molar-refractivity contribution is 5.44. The molecule has 88 valence electrons. The molecule has 0 spiro atoms. The Morgan fingerprint density at radius 3 is 2.47 bits per heavy atom. The zero-order chi connectivity index (χ0) is 12.3. The van der Waals surface area contributed by atoms with Gasteiger partial charge in [0.1, 0.15) is 5.82 Å². The molecule has 1 aromatic heterocycles. The predicted octanol–water partition coefficient (Wildman–Crippen LogP) is 3.00. The fourth-order valence-electron chi connectivity index (χ4n) is 1.58. The van der Waals surface area contributed by atoms with Gasteiger partial charge in [0.05, 0.1) is 0 Å². The van der Waals surface area contributed by atoms with Gasteiger partial charge in [0.2, 0.25) is 5.95 Å². The standard InChI is InChI=1S/C13H12F2N2/c1-17(12-6-7-16-13(15)8-12)9-10-2-4-11(14)5-3-10/h2-8H,9H2,1H3. The Morgan fingerprint density at radius 2 is 1.82 bits per heavy atom. The molecule has 0 atom stereocenters. The summed E-state index contributed by atoms with van der Waals surface area (Å²) < 4.78 is 25.7. The number of halogens is 2. The van der Waals surface area contributed by atoms with Crippen LogP contribution in [0, 0.1) is 11.8 Å². The van der Waals surface area contributed by atoms with Crippen molar-refractivity contribution < 1.29 is 8.78 Å². The lowest BCUT2D eigenvalue weighted by Gasteiger charge is -2.19. The fourth-order valence-corrected chi connectivity index (χ4v) is 1.58. The van der Waals surface area contributed by atoms with Crippen LogP contribution in [-0.2, 0) is 6.54 Å². The van der Waals surface area contributed by atoms with Crippen molar-refractivity contribution in [2.45, 2.75) is 6.54 Å². The summed E-state index contributed by atoms with van der Waals surface area (Å²) in [6.45, 7) is 0.587. The highest BCUT2D eigenvalue weighted by Gasteiger charge is 2.03. The number of rotatable bonds is 3. The van der Waals surface area contributed by atoms with Gasteiger partial charge in [-0.1, -0.05) is 12.1 Å². The summed E-state index contributed by atoms with van der Waals surface area (Å²) >= 11 is 0. The van der Waals surface area contributed by atoms with Crippen molar-refractivity contribution in [2.75, 3.05) is 11.9 Å². The van der Waals surface area contributed by atoms with Crippen molar-refractivity contribution in [1.82, 2.24) is 4.98 Å². The first-order valence-electron chi connectivity index (χ1n) is 5.22. The van der Waals surface area contributed by atoms with E-state index in [0.717, 1.165) is 11.3 Å². The quantitative estimate of drug-likeness (QED) is 0.759. The second-order valence-corrected chi connectivity index (χ2v) is 3.82. The minimum atomic E-state index is -0.506. The van der Waals surface area contributed by atoms with E-state index in [1.165, 1.54) is 24.4 Å². The van der Waals surface area contributed by atoms with Gasteiger partial charge in [0.25, 0.3) is 0 Å². The van der Waals surface area contributed by atoms with Crippen LogP contribution in [0.4, 0.5) is 14.5 Å². The number of hydrogen-bond acceptors (Lipinski definition) is 2. The molecule has 0 aliphatic rings. The van der Waals surface area contributed by atoms with Gasteiger partial charge < -0.3 is 4.90 Å². The number of pyridine rings is 1.